The number of nitrogens with zero attached hydrogens (tertiary/aromatic N) is 2. The Morgan fingerprint density at radius 3 is 2.75 bits per heavy atom. The predicted molar refractivity (Wildman–Crippen MR) is 75.4 cm³/mol. The molecular weight excluding hydrogens is 252 g/mol. The van der Waals surface area contributed by atoms with Crippen LogP contribution in [0, 0.1) is 0 Å². The van der Waals surface area contributed by atoms with E-state index < -0.39 is 11.4 Å². The maximum Gasteiger partial charge on any atom is 0.315 e. The molecule has 1 atom stereocenters. The molecule has 4 nitrogen and oxygen atoms in total. The van der Waals surface area contributed by atoms with Crippen molar-refractivity contribution >= 4 is 5.97 Å². The van der Waals surface area contributed by atoms with Gasteiger partial charge in [-0.3, -0.25) is 4.79 Å². The monoisotopic (exact) mass is 268 g/mol. The number of carboxylic acid groups (broad SMARTS) is 1. The molecule has 0 fully saturated rings. The number of aromatic nitrogens is 2. The van der Waals surface area contributed by atoms with E-state index in [2.05, 4.69) is 9.97 Å². The normalized spacial score (nSPS) is 21.2. The summed E-state index contributed by atoms with van der Waals surface area (Å²) in [6.45, 7) is 1.76. The fraction of sp³-hybridized carbons (Fsp3) is 0.312. The summed E-state index contributed by atoms with van der Waals surface area (Å²) in [5.41, 5.74) is 1.64. The molecule has 2 aromatic rings. The second kappa shape index (κ2) is 4.71. The molecule has 1 aliphatic rings. The number of aliphatic carboxylic acids is 1. The van der Waals surface area contributed by atoms with Gasteiger partial charge in [0, 0.05) is 11.8 Å². The predicted octanol–water partition coefficient (Wildman–Crippen LogP) is 2.82. The number of rotatable bonds is 2. The summed E-state index contributed by atoms with van der Waals surface area (Å²) in [6, 6.07) is 9.65. The van der Waals surface area contributed by atoms with Crippen molar-refractivity contribution < 1.29 is 9.90 Å². The Labute approximate surface area is 117 Å². The van der Waals surface area contributed by atoms with Crippen LogP contribution in [0.2, 0.25) is 0 Å². The first-order chi connectivity index (χ1) is 9.61. The molecule has 0 amide bonds. The van der Waals surface area contributed by atoms with E-state index in [1.165, 1.54) is 0 Å². The van der Waals surface area contributed by atoms with Crippen LogP contribution in [0.4, 0.5) is 0 Å². The molecule has 0 radical (unpaired) electrons. The molecule has 102 valence electrons. The third-order valence-electron chi connectivity index (χ3n) is 4.01. The maximum absolute atomic E-state index is 11.6. The molecule has 0 bridgehead atoms. The molecule has 0 aliphatic heterocycles. The minimum absolute atomic E-state index is 0.596. The van der Waals surface area contributed by atoms with E-state index in [-0.39, 0.29) is 0 Å². The van der Waals surface area contributed by atoms with Gasteiger partial charge in [0.25, 0.3) is 0 Å². The van der Waals surface area contributed by atoms with E-state index in [1.54, 1.807) is 13.1 Å². The summed E-state index contributed by atoms with van der Waals surface area (Å²) in [7, 11) is 0. The largest absolute Gasteiger partial charge is 0.481 e. The Bertz CT molecular complexity index is 655. The van der Waals surface area contributed by atoms with Crippen LogP contribution >= 0.6 is 0 Å². The highest BCUT2D eigenvalue weighted by atomic mass is 16.4. The van der Waals surface area contributed by atoms with Crippen LogP contribution in [0.5, 0.6) is 0 Å². The lowest BCUT2D eigenvalue weighted by molar-refractivity contribution is -0.143. The molecule has 1 heterocycles. The number of fused-ring (bicyclic) bond motifs is 1. The topological polar surface area (TPSA) is 63.1 Å². The van der Waals surface area contributed by atoms with Gasteiger partial charge < -0.3 is 5.11 Å². The first kappa shape index (κ1) is 12.8. The second-order valence-corrected chi connectivity index (χ2v) is 5.42. The molecule has 0 saturated heterocycles. The zero-order valence-corrected chi connectivity index (χ0v) is 11.3. The van der Waals surface area contributed by atoms with Gasteiger partial charge in [0.05, 0.1) is 5.69 Å². The zero-order valence-electron chi connectivity index (χ0n) is 11.3. The summed E-state index contributed by atoms with van der Waals surface area (Å²) in [5, 5.41) is 9.55. The van der Waals surface area contributed by atoms with Crippen LogP contribution in [-0.4, -0.2) is 21.0 Å². The standard InChI is InChI=1S/C16H16N2O2/c1-16(15(19)20)9-5-8-12-10-17-14(18-13(12)16)11-6-3-2-4-7-11/h2-4,6-7,10H,5,8-9H2,1H3,(H,19,20). The van der Waals surface area contributed by atoms with Crippen molar-refractivity contribution in [2.24, 2.45) is 0 Å². The van der Waals surface area contributed by atoms with Gasteiger partial charge in [0.1, 0.15) is 5.41 Å². The smallest absolute Gasteiger partial charge is 0.315 e. The number of hydrogen-bond acceptors (Lipinski definition) is 3. The summed E-state index contributed by atoms with van der Waals surface area (Å²) in [5.74, 6) is -0.213. The molecule has 1 aromatic heterocycles. The zero-order chi connectivity index (χ0) is 14.2. The highest BCUT2D eigenvalue weighted by Gasteiger charge is 2.41. The number of carbonyl (C=O) groups is 1. The van der Waals surface area contributed by atoms with Crippen molar-refractivity contribution in [2.75, 3.05) is 0 Å². The molecule has 20 heavy (non-hydrogen) atoms. The molecule has 1 aromatic carbocycles. The van der Waals surface area contributed by atoms with Crippen molar-refractivity contribution in [3.8, 4) is 11.4 Å². The van der Waals surface area contributed by atoms with Crippen molar-refractivity contribution in [1.29, 1.82) is 0 Å². The molecule has 0 spiro atoms. The molecule has 1 aliphatic carbocycles. The van der Waals surface area contributed by atoms with Gasteiger partial charge in [-0.15, -0.1) is 0 Å². The van der Waals surface area contributed by atoms with Crippen LogP contribution in [-0.2, 0) is 16.6 Å². The molecule has 3 rings (SSSR count). The Morgan fingerprint density at radius 2 is 2.05 bits per heavy atom. The summed E-state index contributed by atoms with van der Waals surface area (Å²) in [4.78, 5) is 20.6. The fourth-order valence-corrected chi connectivity index (χ4v) is 2.75. The minimum Gasteiger partial charge on any atom is -0.481 e. The van der Waals surface area contributed by atoms with Crippen molar-refractivity contribution in [2.45, 2.75) is 31.6 Å². The number of carboxylic acids is 1. The van der Waals surface area contributed by atoms with Crippen LogP contribution in [0.15, 0.2) is 36.5 Å². The first-order valence-electron chi connectivity index (χ1n) is 6.76. The Hall–Kier alpha value is -2.23. The summed E-state index contributed by atoms with van der Waals surface area (Å²) >= 11 is 0. The van der Waals surface area contributed by atoms with Crippen molar-refractivity contribution in [3.63, 3.8) is 0 Å². The van der Waals surface area contributed by atoms with Crippen LogP contribution < -0.4 is 0 Å². The van der Waals surface area contributed by atoms with Crippen molar-refractivity contribution in [3.05, 3.63) is 47.8 Å². The van der Waals surface area contributed by atoms with E-state index in [0.717, 1.165) is 24.0 Å². The molecule has 4 heteroatoms. The highest BCUT2D eigenvalue weighted by Crippen LogP contribution is 2.36. The van der Waals surface area contributed by atoms with E-state index in [0.29, 0.717) is 17.9 Å². The van der Waals surface area contributed by atoms with E-state index >= 15 is 0 Å². The second-order valence-electron chi connectivity index (χ2n) is 5.42. The third kappa shape index (κ3) is 1.97. The number of benzene rings is 1. The lowest BCUT2D eigenvalue weighted by atomic mass is 9.75. The van der Waals surface area contributed by atoms with E-state index in [9.17, 15) is 9.90 Å². The highest BCUT2D eigenvalue weighted by molar-refractivity contribution is 5.81. The Morgan fingerprint density at radius 1 is 1.30 bits per heavy atom. The van der Waals surface area contributed by atoms with Gasteiger partial charge in [-0.05, 0) is 31.7 Å². The Kier molecular flexibility index (Phi) is 3.01. The molecule has 1 unspecified atom stereocenters. The first-order valence-corrected chi connectivity index (χ1v) is 6.76. The summed E-state index contributed by atoms with van der Waals surface area (Å²) in [6.07, 6.45) is 4.13. The summed E-state index contributed by atoms with van der Waals surface area (Å²) < 4.78 is 0. The maximum atomic E-state index is 11.6. The van der Waals surface area contributed by atoms with Gasteiger partial charge in [-0.1, -0.05) is 30.3 Å². The molecule has 0 saturated carbocycles. The Balaban J connectivity index is 2.14. The fourth-order valence-electron chi connectivity index (χ4n) is 2.75. The quantitative estimate of drug-likeness (QED) is 0.909. The lowest BCUT2D eigenvalue weighted by Gasteiger charge is -2.30. The third-order valence-corrected chi connectivity index (χ3v) is 4.01. The van der Waals surface area contributed by atoms with Crippen LogP contribution in [0.3, 0.4) is 0 Å². The average molecular weight is 268 g/mol. The number of hydrogen-bond donors (Lipinski definition) is 1. The average Bonchev–Trinajstić information content (AvgIpc) is 2.48. The SMILES string of the molecule is CC1(C(=O)O)CCCc2cnc(-c3ccccc3)nc21. The van der Waals surface area contributed by atoms with E-state index in [4.69, 9.17) is 0 Å². The number of aryl methyl sites for hydroxylation is 1. The van der Waals surface area contributed by atoms with Crippen molar-refractivity contribution in [1.82, 2.24) is 9.97 Å². The molecular formula is C16H16N2O2. The van der Waals surface area contributed by atoms with Gasteiger partial charge in [0.15, 0.2) is 5.82 Å². The van der Waals surface area contributed by atoms with Gasteiger partial charge >= 0.3 is 5.97 Å². The van der Waals surface area contributed by atoms with Crippen LogP contribution in [0.25, 0.3) is 11.4 Å². The van der Waals surface area contributed by atoms with Gasteiger partial charge in [-0.25, -0.2) is 9.97 Å². The minimum atomic E-state index is -0.903. The lowest BCUT2D eigenvalue weighted by Crippen LogP contribution is -2.37. The molecule has 1 N–H and O–H groups in total. The van der Waals surface area contributed by atoms with E-state index in [1.807, 2.05) is 30.3 Å². The van der Waals surface area contributed by atoms with Crippen LogP contribution in [0.1, 0.15) is 31.0 Å². The van der Waals surface area contributed by atoms with Gasteiger partial charge in [0.2, 0.25) is 0 Å². The van der Waals surface area contributed by atoms with Gasteiger partial charge in [-0.2, -0.15) is 0 Å².